The van der Waals surface area contributed by atoms with Gasteiger partial charge in [0, 0.05) is 5.02 Å². The summed E-state index contributed by atoms with van der Waals surface area (Å²) in [5.74, 6) is 0.121. The Hall–Kier alpha value is -1.84. The van der Waals surface area contributed by atoms with Gasteiger partial charge in [0.25, 0.3) is 0 Å². The van der Waals surface area contributed by atoms with Crippen molar-refractivity contribution in [2.75, 3.05) is 0 Å². The van der Waals surface area contributed by atoms with Crippen molar-refractivity contribution in [2.24, 2.45) is 0 Å². The first-order chi connectivity index (χ1) is 11.0. The van der Waals surface area contributed by atoms with Crippen LogP contribution in [0.1, 0.15) is 33.6 Å². The lowest BCUT2D eigenvalue weighted by atomic mass is 10.1. The zero-order chi connectivity index (χ0) is 17.6. The number of hydrogen-bond acceptors (Lipinski definition) is 3. The van der Waals surface area contributed by atoms with E-state index in [0.29, 0.717) is 26.5 Å². The molecule has 0 spiro atoms. The summed E-state index contributed by atoms with van der Waals surface area (Å²) in [5, 5.41) is 1.29. The normalized spacial score (nSPS) is 12.3. The number of allylic oxidation sites excluding steroid dienone is 5. The summed E-state index contributed by atoms with van der Waals surface area (Å²) in [6.07, 6.45) is 3.36. The minimum Gasteiger partial charge on any atom is -0.403 e. The van der Waals surface area contributed by atoms with E-state index in [2.05, 4.69) is 11.6 Å². The van der Waals surface area contributed by atoms with Gasteiger partial charge in [-0.05, 0) is 37.6 Å². The predicted molar refractivity (Wildman–Crippen MR) is 99.0 cm³/mol. The molecule has 0 aliphatic carbocycles. The molecule has 3 nitrogen and oxygen atoms in total. The first-order valence-electron chi connectivity index (χ1n) is 7.24. The molecule has 2 aromatic rings. The van der Waals surface area contributed by atoms with Crippen molar-refractivity contribution in [3.63, 3.8) is 0 Å². The molecule has 5 heteroatoms. The van der Waals surface area contributed by atoms with Crippen LogP contribution in [-0.4, -0.2) is 4.98 Å². The van der Waals surface area contributed by atoms with Crippen LogP contribution in [0.4, 0.5) is 0 Å². The maximum absolute atomic E-state index is 12.0. The fourth-order valence-corrected chi connectivity index (χ4v) is 2.20. The van der Waals surface area contributed by atoms with Crippen LogP contribution in [0.5, 0.6) is 0 Å². The Kier molecular flexibility index (Phi) is 7.27. The highest BCUT2D eigenvalue weighted by Gasteiger charge is 2.13. The number of rotatable bonds is 3. The van der Waals surface area contributed by atoms with Crippen molar-refractivity contribution in [1.82, 2.24) is 4.98 Å². The van der Waals surface area contributed by atoms with Crippen molar-refractivity contribution in [3.8, 4) is 0 Å². The molecule has 0 saturated carbocycles. The molecule has 0 radical (unpaired) electrons. The van der Waals surface area contributed by atoms with Crippen LogP contribution in [0.2, 0.25) is 5.02 Å². The molecule has 0 amide bonds. The summed E-state index contributed by atoms with van der Waals surface area (Å²) >= 11 is 12.2. The monoisotopic (exact) mass is 351 g/mol. The lowest BCUT2D eigenvalue weighted by molar-refractivity contribution is 0.487. The third-order valence-corrected chi connectivity index (χ3v) is 3.78. The number of halogens is 2. The smallest absolute Gasteiger partial charge is 0.347 e. The molecular formula is C18H19Cl2NO2. The van der Waals surface area contributed by atoms with Crippen LogP contribution in [0.25, 0.3) is 16.5 Å². The number of aromatic nitrogens is 1. The Bertz CT molecular complexity index is 833. The molecule has 122 valence electrons. The molecule has 1 heterocycles. The standard InChI is InChI=1S/C16H13Cl2NO2.C2H6/c1-4-9(3)14(18)11(5-2)15-19-13-8-10(17)6-7-12(13)16(20)21-15;1-2/h4-8H,2H2,1,3H3;1-2H3/b9-4-,14-11-;. The molecule has 0 bridgehead atoms. The maximum Gasteiger partial charge on any atom is 0.347 e. The van der Waals surface area contributed by atoms with E-state index in [0.717, 1.165) is 5.57 Å². The first kappa shape index (κ1) is 19.2. The Morgan fingerprint density at radius 1 is 1.35 bits per heavy atom. The fourth-order valence-electron chi connectivity index (χ4n) is 1.77. The van der Waals surface area contributed by atoms with Gasteiger partial charge in [-0.3, -0.25) is 0 Å². The van der Waals surface area contributed by atoms with E-state index >= 15 is 0 Å². The average Bonchev–Trinajstić information content (AvgIpc) is 2.56. The molecule has 23 heavy (non-hydrogen) atoms. The second kappa shape index (κ2) is 8.70. The highest BCUT2D eigenvalue weighted by molar-refractivity contribution is 6.35. The molecule has 1 aromatic carbocycles. The van der Waals surface area contributed by atoms with Crippen LogP contribution in [0.15, 0.2) is 56.7 Å². The highest BCUT2D eigenvalue weighted by Crippen LogP contribution is 2.27. The molecule has 0 fully saturated rings. The van der Waals surface area contributed by atoms with Gasteiger partial charge in [-0.25, -0.2) is 9.78 Å². The summed E-state index contributed by atoms with van der Waals surface area (Å²) in [4.78, 5) is 16.3. The van der Waals surface area contributed by atoms with Crippen molar-refractivity contribution >= 4 is 39.7 Å². The van der Waals surface area contributed by atoms with Crippen molar-refractivity contribution in [1.29, 1.82) is 0 Å². The highest BCUT2D eigenvalue weighted by atomic mass is 35.5. The van der Waals surface area contributed by atoms with E-state index in [1.165, 1.54) is 6.08 Å². The molecule has 0 aliphatic heterocycles. The Morgan fingerprint density at radius 2 is 2.00 bits per heavy atom. The summed E-state index contributed by atoms with van der Waals surface area (Å²) in [6.45, 7) is 11.4. The Balaban J connectivity index is 0.00000127. The molecule has 0 aliphatic rings. The van der Waals surface area contributed by atoms with Crippen molar-refractivity contribution in [2.45, 2.75) is 27.7 Å². The fraction of sp³-hybridized carbons (Fsp3) is 0.222. The first-order valence-corrected chi connectivity index (χ1v) is 7.99. The van der Waals surface area contributed by atoms with E-state index in [-0.39, 0.29) is 5.89 Å². The number of hydrogen-bond donors (Lipinski definition) is 0. The number of nitrogens with zero attached hydrogens (tertiary/aromatic N) is 1. The van der Waals surface area contributed by atoms with Crippen molar-refractivity contribution < 1.29 is 4.42 Å². The lowest BCUT2D eigenvalue weighted by Gasteiger charge is -2.06. The second-order valence-corrected chi connectivity index (χ2v) is 5.19. The van der Waals surface area contributed by atoms with E-state index < -0.39 is 5.63 Å². The van der Waals surface area contributed by atoms with Gasteiger partial charge in [-0.1, -0.05) is 55.8 Å². The summed E-state index contributed by atoms with van der Waals surface area (Å²) < 4.78 is 5.25. The predicted octanol–water partition coefficient (Wildman–Crippen LogP) is 5.97. The van der Waals surface area contributed by atoms with Gasteiger partial charge in [0.1, 0.15) is 0 Å². The van der Waals surface area contributed by atoms with Gasteiger partial charge in [-0.15, -0.1) is 0 Å². The van der Waals surface area contributed by atoms with E-state index in [4.69, 9.17) is 27.6 Å². The summed E-state index contributed by atoms with van der Waals surface area (Å²) in [5.41, 5.74) is 1.26. The quantitative estimate of drug-likeness (QED) is 0.639. The Morgan fingerprint density at radius 3 is 2.57 bits per heavy atom. The van der Waals surface area contributed by atoms with Crippen molar-refractivity contribution in [3.05, 3.63) is 68.9 Å². The molecule has 2 rings (SSSR count). The van der Waals surface area contributed by atoms with Crippen LogP contribution in [0.3, 0.4) is 0 Å². The number of benzene rings is 1. The largest absolute Gasteiger partial charge is 0.403 e. The summed E-state index contributed by atoms with van der Waals surface area (Å²) in [6, 6.07) is 4.80. The summed E-state index contributed by atoms with van der Waals surface area (Å²) in [7, 11) is 0. The van der Waals surface area contributed by atoms with Gasteiger partial charge < -0.3 is 4.42 Å². The zero-order valence-electron chi connectivity index (χ0n) is 13.6. The zero-order valence-corrected chi connectivity index (χ0v) is 15.1. The molecule has 0 unspecified atom stereocenters. The van der Waals surface area contributed by atoms with E-state index in [1.807, 2.05) is 33.8 Å². The molecular weight excluding hydrogens is 333 g/mol. The third-order valence-electron chi connectivity index (χ3n) is 3.04. The van der Waals surface area contributed by atoms with E-state index in [1.54, 1.807) is 18.2 Å². The van der Waals surface area contributed by atoms with Crippen LogP contribution >= 0.6 is 23.2 Å². The third kappa shape index (κ3) is 4.34. The molecule has 0 saturated heterocycles. The molecule has 1 aromatic heterocycles. The number of fused-ring (bicyclic) bond motifs is 1. The van der Waals surface area contributed by atoms with Crippen LogP contribution in [0, 0.1) is 0 Å². The molecule has 0 N–H and O–H groups in total. The van der Waals surface area contributed by atoms with Crippen LogP contribution < -0.4 is 5.63 Å². The second-order valence-electron chi connectivity index (χ2n) is 4.37. The Labute approximate surface area is 145 Å². The maximum atomic E-state index is 12.0. The van der Waals surface area contributed by atoms with Gasteiger partial charge in [0.2, 0.25) is 5.89 Å². The SMILES string of the molecule is C=C/C(=C(Cl)\C(C)=C/C)c1nc2cc(Cl)ccc2c(=O)o1.CC. The van der Waals surface area contributed by atoms with Gasteiger partial charge in [-0.2, -0.15) is 0 Å². The van der Waals surface area contributed by atoms with Gasteiger partial charge >= 0.3 is 5.63 Å². The minimum atomic E-state index is -0.492. The topological polar surface area (TPSA) is 43.1 Å². The minimum absolute atomic E-state index is 0.121. The van der Waals surface area contributed by atoms with Gasteiger partial charge in [0.05, 0.1) is 21.5 Å². The van der Waals surface area contributed by atoms with Crippen LogP contribution in [-0.2, 0) is 0 Å². The molecule has 0 atom stereocenters. The van der Waals surface area contributed by atoms with E-state index in [9.17, 15) is 4.79 Å². The lowest BCUT2D eigenvalue weighted by Crippen LogP contribution is -2.05. The average molecular weight is 352 g/mol. The van der Waals surface area contributed by atoms with Gasteiger partial charge in [0.15, 0.2) is 0 Å².